The summed E-state index contributed by atoms with van der Waals surface area (Å²) in [5.41, 5.74) is 0.905. The van der Waals surface area contributed by atoms with Crippen LogP contribution in [-0.2, 0) is 11.2 Å². The Balaban J connectivity index is 1.43. The first-order valence-electron chi connectivity index (χ1n) is 10.1. The molecule has 2 aliphatic rings. The number of amides is 2. The molecular formula is C23H26N2O5. The van der Waals surface area contributed by atoms with Crippen LogP contribution in [0.1, 0.15) is 28.8 Å². The third-order valence-corrected chi connectivity index (χ3v) is 5.85. The highest BCUT2D eigenvalue weighted by molar-refractivity contribution is 5.97. The highest BCUT2D eigenvalue weighted by Crippen LogP contribution is 2.35. The molecule has 0 aliphatic carbocycles. The Morgan fingerprint density at radius 1 is 1.10 bits per heavy atom. The normalized spacial score (nSPS) is 17.4. The smallest absolute Gasteiger partial charge is 0.255 e. The molecule has 1 N–H and O–H groups in total. The van der Waals surface area contributed by atoms with Crippen molar-refractivity contribution >= 4 is 11.8 Å². The molecule has 0 aromatic heterocycles. The predicted molar refractivity (Wildman–Crippen MR) is 111 cm³/mol. The van der Waals surface area contributed by atoms with E-state index in [1.807, 2.05) is 29.2 Å². The largest absolute Gasteiger partial charge is 0.497 e. The maximum Gasteiger partial charge on any atom is 0.255 e. The van der Waals surface area contributed by atoms with Gasteiger partial charge in [0.1, 0.15) is 22.8 Å². The molecule has 0 bridgehead atoms. The number of nitrogens with one attached hydrogen (secondary N) is 1. The second-order valence-electron chi connectivity index (χ2n) is 7.74. The Hall–Kier alpha value is -3.22. The topological polar surface area (TPSA) is 77.1 Å². The van der Waals surface area contributed by atoms with Gasteiger partial charge in [0, 0.05) is 32.0 Å². The average Bonchev–Trinajstić information content (AvgIpc) is 2.90. The summed E-state index contributed by atoms with van der Waals surface area (Å²) >= 11 is 0. The van der Waals surface area contributed by atoms with E-state index in [4.69, 9.17) is 14.2 Å². The van der Waals surface area contributed by atoms with Gasteiger partial charge in [-0.25, -0.2) is 0 Å². The summed E-state index contributed by atoms with van der Waals surface area (Å²) in [7, 11) is 3.20. The van der Waals surface area contributed by atoms with Gasteiger partial charge in [-0.05, 0) is 29.8 Å². The highest BCUT2D eigenvalue weighted by atomic mass is 16.5. The van der Waals surface area contributed by atoms with E-state index in [-0.39, 0.29) is 11.8 Å². The SMILES string of the molecule is COc1cccc(CC(=O)N2CCC3(CC2)CNC(=O)c2ccc(OC)cc2O3)c1. The number of likely N-dealkylation sites (tertiary alicyclic amines) is 1. The van der Waals surface area contributed by atoms with E-state index in [0.29, 0.717) is 56.0 Å². The number of fused-ring (bicyclic) bond motifs is 1. The van der Waals surface area contributed by atoms with Gasteiger partial charge in [-0.1, -0.05) is 12.1 Å². The zero-order valence-corrected chi connectivity index (χ0v) is 17.3. The average molecular weight is 410 g/mol. The third-order valence-electron chi connectivity index (χ3n) is 5.85. The van der Waals surface area contributed by atoms with Crippen LogP contribution in [-0.4, -0.2) is 56.2 Å². The summed E-state index contributed by atoms with van der Waals surface area (Å²) in [6, 6.07) is 12.8. The Kier molecular flexibility index (Phi) is 5.53. The number of methoxy groups -OCH3 is 2. The molecule has 2 aromatic rings. The first kappa shape index (κ1) is 20.1. The number of hydrogen-bond acceptors (Lipinski definition) is 5. The minimum absolute atomic E-state index is 0.0813. The van der Waals surface area contributed by atoms with Gasteiger partial charge in [0.25, 0.3) is 5.91 Å². The van der Waals surface area contributed by atoms with Gasteiger partial charge in [0.2, 0.25) is 5.91 Å². The fourth-order valence-corrected chi connectivity index (χ4v) is 4.02. The number of piperidine rings is 1. The van der Waals surface area contributed by atoms with Gasteiger partial charge in [-0.15, -0.1) is 0 Å². The second kappa shape index (κ2) is 8.26. The molecule has 1 saturated heterocycles. The Labute approximate surface area is 175 Å². The van der Waals surface area contributed by atoms with Crippen molar-refractivity contribution < 1.29 is 23.8 Å². The number of hydrogen-bond donors (Lipinski definition) is 1. The molecular weight excluding hydrogens is 384 g/mol. The van der Waals surface area contributed by atoms with E-state index < -0.39 is 5.60 Å². The molecule has 1 fully saturated rings. The molecule has 2 heterocycles. The van der Waals surface area contributed by atoms with Crippen LogP contribution in [0.3, 0.4) is 0 Å². The molecule has 2 amide bonds. The van der Waals surface area contributed by atoms with Crippen molar-refractivity contribution in [3.05, 3.63) is 53.6 Å². The summed E-state index contributed by atoms with van der Waals surface area (Å²) in [6.45, 7) is 1.58. The molecule has 2 aliphatic heterocycles. The van der Waals surface area contributed by atoms with Gasteiger partial charge in [-0.3, -0.25) is 9.59 Å². The zero-order chi connectivity index (χ0) is 21.1. The number of carbonyl (C=O) groups is 2. The fourth-order valence-electron chi connectivity index (χ4n) is 4.02. The van der Waals surface area contributed by atoms with Crippen LogP contribution < -0.4 is 19.5 Å². The second-order valence-corrected chi connectivity index (χ2v) is 7.74. The molecule has 30 heavy (non-hydrogen) atoms. The van der Waals surface area contributed by atoms with Crippen LogP contribution in [0.5, 0.6) is 17.2 Å². The fraction of sp³-hybridized carbons (Fsp3) is 0.391. The maximum absolute atomic E-state index is 12.8. The van der Waals surface area contributed by atoms with Gasteiger partial charge >= 0.3 is 0 Å². The van der Waals surface area contributed by atoms with Crippen LogP contribution in [0, 0.1) is 0 Å². The lowest BCUT2D eigenvalue weighted by Gasteiger charge is -2.41. The van der Waals surface area contributed by atoms with Crippen LogP contribution in [0.25, 0.3) is 0 Å². The van der Waals surface area contributed by atoms with Crippen LogP contribution in [0.4, 0.5) is 0 Å². The molecule has 1 spiro atoms. The van der Waals surface area contributed by atoms with Crippen molar-refractivity contribution in [1.29, 1.82) is 0 Å². The van der Waals surface area contributed by atoms with E-state index in [2.05, 4.69) is 5.32 Å². The highest BCUT2D eigenvalue weighted by Gasteiger charge is 2.41. The van der Waals surface area contributed by atoms with Crippen molar-refractivity contribution in [3.63, 3.8) is 0 Å². The molecule has 158 valence electrons. The number of ether oxygens (including phenoxy) is 3. The molecule has 7 nitrogen and oxygen atoms in total. The number of benzene rings is 2. The first-order valence-corrected chi connectivity index (χ1v) is 10.1. The maximum atomic E-state index is 12.8. The minimum atomic E-state index is -0.528. The van der Waals surface area contributed by atoms with Gasteiger partial charge in [0.05, 0.1) is 32.7 Å². The lowest BCUT2D eigenvalue weighted by Crippen LogP contribution is -2.54. The molecule has 0 atom stereocenters. The summed E-state index contributed by atoms with van der Waals surface area (Å²) in [6.07, 6.45) is 1.63. The van der Waals surface area contributed by atoms with E-state index in [9.17, 15) is 9.59 Å². The standard InChI is InChI=1S/C23H26N2O5/c1-28-17-5-3-4-16(12-17)13-21(26)25-10-8-23(9-11-25)15-24-22(27)19-7-6-18(29-2)14-20(19)30-23/h3-7,12,14H,8-11,13,15H2,1-2H3,(H,24,27). The first-order chi connectivity index (χ1) is 14.5. The summed E-state index contributed by atoms with van der Waals surface area (Å²) in [5.74, 6) is 1.85. The van der Waals surface area contributed by atoms with E-state index in [0.717, 1.165) is 11.3 Å². The van der Waals surface area contributed by atoms with Gasteiger partial charge in [-0.2, -0.15) is 0 Å². The molecule has 0 radical (unpaired) electrons. The lowest BCUT2D eigenvalue weighted by atomic mass is 9.90. The summed E-state index contributed by atoms with van der Waals surface area (Å²) in [5, 5.41) is 2.97. The molecule has 0 saturated carbocycles. The predicted octanol–water partition coefficient (Wildman–Crippen LogP) is 2.43. The van der Waals surface area contributed by atoms with Gasteiger partial charge in [0.15, 0.2) is 0 Å². The van der Waals surface area contributed by atoms with Crippen molar-refractivity contribution in [2.45, 2.75) is 24.9 Å². The van der Waals surface area contributed by atoms with Crippen molar-refractivity contribution in [2.75, 3.05) is 33.9 Å². The minimum Gasteiger partial charge on any atom is -0.497 e. The number of carbonyl (C=O) groups excluding carboxylic acids is 2. The molecule has 2 aromatic carbocycles. The Morgan fingerprint density at radius 3 is 2.57 bits per heavy atom. The number of rotatable bonds is 4. The number of nitrogens with zero attached hydrogens (tertiary/aromatic N) is 1. The van der Waals surface area contributed by atoms with E-state index >= 15 is 0 Å². The molecule has 4 rings (SSSR count). The molecule has 0 unspecified atom stereocenters. The third kappa shape index (κ3) is 4.06. The quantitative estimate of drug-likeness (QED) is 0.838. The van der Waals surface area contributed by atoms with Crippen LogP contribution >= 0.6 is 0 Å². The molecule has 7 heteroatoms. The van der Waals surface area contributed by atoms with E-state index in [1.54, 1.807) is 32.4 Å². The zero-order valence-electron chi connectivity index (χ0n) is 17.3. The monoisotopic (exact) mass is 410 g/mol. The Morgan fingerprint density at radius 2 is 1.83 bits per heavy atom. The Bertz CT molecular complexity index is 950. The lowest BCUT2D eigenvalue weighted by molar-refractivity contribution is -0.133. The van der Waals surface area contributed by atoms with Crippen molar-refractivity contribution in [3.8, 4) is 17.2 Å². The summed E-state index contributed by atoms with van der Waals surface area (Å²) < 4.78 is 16.9. The van der Waals surface area contributed by atoms with Gasteiger partial charge < -0.3 is 24.4 Å². The van der Waals surface area contributed by atoms with E-state index in [1.165, 1.54) is 0 Å². The van der Waals surface area contributed by atoms with Crippen molar-refractivity contribution in [2.24, 2.45) is 0 Å². The van der Waals surface area contributed by atoms with Crippen molar-refractivity contribution in [1.82, 2.24) is 10.2 Å². The van der Waals surface area contributed by atoms with Crippen LogP contribution in [0.15, 0.2) is 42.5 Å². The summed E-state index contributed by atoms with van der Waals surface area (Å²) in [4.78, 5) is 27.1. The van der Waals surface area contributed by atoms with Crippen LogP contribution in [0.2, 0.25) is 0 Å².